The lowest BCUT2D eigenvalue weighted by molar-refractivity contribution is 0.102. The van der Waals surface area contributed by atoms with Gasteiger partial charge in [-0.3, -0.25) is 10.1 Å². The van der Waals surface area contributed by atoms with Gasteiger partial charge in [0.1, 0.15) is 0 Å². The van der Waals surface area contributed by atoms with Gasteiger partial charge in [-0.25, -0.2) is 0 Å². The number of anilines is 1. The summed E-state index contributed by atoms with van der Waals surface area (Å²) in [7, 11) is 0. The van der Waals surface area contributed by atoms with Gasteiger partial charge in [-0.1, -0.05) is 36.9 Å². The van der Waals surface area contributed by atoms with Gasteiger partial charge in [0, 0.05) is 10.8 Å². The summed E-state index contributed by atoms with van der Waals surface area (Å²) in [6, 6.07) is 5.08. The molecule has 6 nitrogen and oxygen atoms in total. The Hall–Kier alpha value is -1.80. The van der Waals surface area contributed by atoms with E-state index in [1.807, 2.05) is 0 Å². The zero-order chi connectivity index (χ0) is 15.5. The maximum atomic E-state index is 12.2. The molecule has 8 heteroatoms. The van der Waals surface area contributed by atoms with Crippen LogP contribution in [0, 0.1) is 0 Å². The number of amides is 1. The molecule has 3 rings (SSSR count). The van der Waals surface area contributed by atoms with Gasteiger partial charge in [-0.05, 0) is 24.6 Å². The quantitative estimate of drug-likeness (QED) is 0.666. The van der Waals surface area contributed by atoms with Crippen LogP contribution in [-0.4, -0.2) is 28.1 Å². The fourth-order valence-electron chi connectivity index (χ4n) is 1.77. The van der Waals surface area contributed by atoms with E-state index in [4.69, 9.17) is 9.47 Å². The number of thioether (sulfide) groups is 1. The number of carbonyl (C=O) groups is 1. The van der Waals surface area contributed by atoms with Crippen LogP contribution >= 0.6 is 23.1 Å². The minimum Gasteiger partial charge on any atom is -0.454 e. The van der Waals surface area contributed by atoms with E-state index in [0.717, 1.165) is 10.8 Å². The Bertz CT molecular complexity index is 690. The van der Waals surface area contributed by atoms with E-state index >= 15 is 0 Å². The summed E-state index contributed by atoms with van der Waals surface area (Å²) in [4.78, 5) is 12.2. The van der Waals surface area contributed by atoms with Crippen molar-refractivity contribution in [3.63, 3.8) is 0 Å². The van der Waals surface area contributed by atoms with Crippen molar-refractivity contribution in [1.82, 2.24) is 10.2 Å². The molecule has 2 aromatic rings. The van der Waals surface area contributed by atoms with Crippen LogP contribution in [-0.2, 0) is 0 Å². The van der Waals surface area contributed by atoms with Crippen molar-refractivity contribution in [3.05, 3.63) is 23.8 Å². The standard InChI is InChI=1S/C14H15N3O3S2/c1-3-8(2)21-14-17-16-13(22-14)15-12(18)9-4-5-10-11(6-9)20-7-19-10/h4-6,8H,3,7H2,1-2H3,(H,15,16,18)/t8-/m1/s1. The molecule has 0 fully saturated rings. The number of nitrogens with one attached hydrogen (secondary N) is 1. The Morgan fingerprint density at radius 3 is 3.05 bits per heavy atom. The molecule has 22 heavy (non-hydrogen) atoms. The highest BCUT2D eigenvalue weighted by molar-refractivity contribution is 8.01. The molecule has 0 unspecified atom stereocenters. The van der Waals surface area contributed by atoms with Crippen LogP contribution in [0.4, 0.5) is 5.13 Å². The number of nitrogens with zero attached hydrogens (tertiary/aromatic N) is 2. The average Bonchev–Trinajstić information content (AvgIpc) is 3.15. The second-order valence-corrected chi connectivity index (χ2v) is 7.40. The molecule has 1 aromatic heterocycles. The van der Waals surface area contributed by atoms with E-state index in [-0.39, 0.29) is 12.7 Å². The van der Waals surface area contributed by atoms with Crippen molar-refractivity contribution < 1.29 is 14.3 Å². The molecular formula is C14H15N3O3S2. The molecule has 1 aliphatic rings. The third-order valence-corrected chi connectivity index (χ3v) is 5.33. The van der Waals surface area contributed by atoms with Crippen molar-refractivity contribution in [1.29, 1.82) is 0 Å². The van der Waals surface area contributed by atoms with Crippen LogP contribution in [0.25, 0.3) is 0 Å². The van der Waals surface area contributed by atoms with E-state index in [0.29, 0.717) is 27.4 Å². The van der Waals surface area contributed by atoms with E-state index in [2.05, 4.69) is 29.4 Å². The summed E-state index contributed by atoms with van der Waals surface area (Å²) in [6.07, 6.45) is 1.06. The number of hydrogen-bond acceptors (Lipinski definition) is 7. The fourth-order valence-corrected chi connectivity index (χ4v) is 3.76. The third kappa shape index (κ3) is 3.33. The molecule has 1 atom stereocenters. The lowest BCUT2D eigenvalue weighted by Gasteiger charge is -2.03. The smallest absolute Gasteiger partial charge is 0.257 e. The first-order valence-corrected chi connectivity index (χ1v) is 8.56. The monoisotopic (exact) mass is 337 g/mol. The maximum absolute atomic E-state index is 12.2. The summed E-state index contributed by atoms with van der Waals surface area (Å²) in [5.74, 6) is 0.993. The van der Waals surface area contributed by atoms with E-state index < -0.39 is 0 Å². The Morgan fingerprint density at radius 2 is 2.23 bits per heavy atom. The first-order valence-electron chi connectivity index (χ1n) is 6.87. The molecule has 1 amide bonds. The van der Waals surface area contributed by atoms with Gasteiger partial charge in [-0.15, -0.1) is 10.2 Å². The van der Waals surface area contributed by atoms with Crippen molar-refractivity contribution >= 4 is 34.1 Å². The van der Waals surface area contributed by atoms with Crippen LogP contribution in [0.5, 0.6) is 11.5 Å². The highest BCUT2D eigenvalue weighted by atomic mass is 32.2. The van der Waals surface area contributed by atoms with Gasteiger partial charge in [0.15, 0.2) is 15.8 Å². The van der Waals surface area contributed by atoms with Crippen LogP contribution in [0.2, 0.25) is 0 Å². The van der Waals surface area contributed by atoms with Gasteiger partial charge in [0.2, 0.25) is 11.9 Å². The second kappa shape index (κ2) is 6.53. The molecule has 0 saturated heterocycles. The topological polar surface area (TPSA) is 73.3 Å². The van der Waals surface area contributed by atoms with E-state index in [1.165, 1.54) is 11.3 Å². The molecule has 116 valence electrons. The number of rotatable bonds is 5. The molecule has 0 spiro atoms. The first-order chi connectivity index (χ1) is 10.7. The number of aromatic nitrogens is 2. The summed E-state index contributed by atoms with van der Waals surface area (Å²) in [5.41, 5.74) is 0.496. The van der Waals surface area contributed by atoms with Crippen molar-refractivity contribution in [2.75, 3.05) is 12.1 Å². The lowest BCUT2D eigenvalue weighted by atomic mass is 10.2. The van der Waals surface area contributed by atoms with Gasteiger partial charge in [-0.2, -0.15) is 0 Å². The summed E-state index contributed by atoms with van der Waals surface area (Å²) in [6.45, 7) is 4.45. The Kier molecular flexibility index (Phi) is 4.49. The number of hydrogen-bond donors (Lipinski definition) is 1. The predicted octanol–water partition coefficient (Wildman–Crippen LogP) is 3.41. The van der Waals surface area contributed by atoms with Gasteiger partial charge in [0.05, 0.1) is 0 Å². The Labute approximate surface area is 136 Å². The summed E-state index contributed by atoms with van der Waals surface area (Å²) >= 11 is 3.04. The third-order valence-electron chi connectivity index (χ3n) is 3.14. The van der Waals surface area contributed by atoms with Crippen molar-refractivity contribution in [2.45, 2.75) is 29.9 Å². The number of ether oxygens (including phenoxy) is 2. The minimum atomic E-state index is -0.241. The van der Waals surface area contributed by atoms with Gasteiger partial charge in [0.25, 0.3) is 5.91 Å². The van der Waals surface area contributed by atoms with Crippen molar-refractivity contribution in [3.8, 4) is 11.5 Å². The second-order valence-electron chi connectivity index (χ2n) is 4.73. The molecule has 0 bridgehead atoms. The first kappa shape index (κ1) is 15.1. The molecule has 1 aromatic carbocycles. The number of carbonyl (C=O) groups excluding carboxylic acids is 1. The molecule has 1 aliphatic heterocycles. The Morgan fingerprint density at radius 1 is 1.41 bits per heavy atom. The summed E-state index contributed by atoms with van der Waals surface area (Å²) < 4.78 is 11.4. The van der Waals surface area contributed by atoms with Crippen LogP contribution in [0.15, 0.2) is 22.5 Å². The highest BCUT2D eigenvalue weighted by Gasteiger charge is 2.17. The van der Waals surface area contributed by atoms with Crippen molar-refractivity contribution in [2.24, 2.45) is 0 Å². The molecule has 0 radical (unpaired) electrons. The SMILES string of the molecule is CC[C@@H](C)Sc1nnc(NC(=O)c2ccc3c(c2)OCO3)s1. The number of benzene rings is 1. The molecule has 1 N–H and O–H groups in total. The molecule has 0 aliphatic carbocycles. The fraction of sp³-hybridized carbons (Fsp3) is 0.357. The van der Waals surface area contributed by atoms with E-state index in [9.17, 15) is 4.79 Å². The lowest BCUT2D eigenvalue weighted by Crippen LogP contribution is -2.11. The van der Waals surface area contributed by atoms with Gasteiger partial charge >= 0.3 is 0 Å². The molecule has 0 saturated carbocycles. The largest absolute Gasteiger partial charge is 0.454 e. The maximum Gasteiger partial charge on any atom is 0.257 e. The zero-order valence-electron chi connectivity index (χ0n) is 12.2. The van der Waals surface area contributed by atoms with Crippen LogP contribution < -0.4 is 14.8 Å². The normalized spacial score (nSPS) is 13.9. The minimum absolute atomic E-state index is 0.188. The predicted molar refractivity (Wildman–Crippen MR) is 86.0 cm³/mol. The number of fused-ring (bicyclic) bond motifs is 1. The Balaban J connectivity index is 1.66. The zero-order valence-corrected chi connectivity index (χ0v) is 13.8. The molecular weight excluding hydrogens is 322 g/mol. The van der Waals surface area contributed by atoms with Gasteiger partial charge < -0.3 is 9.47 Å². The summed E-state index contributed by atoms with van der Waals surface area (Å²) in [5, 5.41) is 11.8. The van der Waals surface area contributed by atoms with Crippen LogP contribution in [0.1, 0.15) is 30.6 Å². The van der Waals surface area contributed by atoms with E-state index in [1.54, 1.807) is 30.0 Å². The highest BCUT2D eigenvalue weighted by Crippen LogP contribution is 2.33. The average molecular weight is 337 g/mol. The van der Waals surface area contributed by atoms with Crippen LogP contribution in [0.3, 0.4) is 0 Å². The molecule has 2 heterocycles.